The van der Waals surface area contributed by atoms with Gasteiger partial charge in [0, 0.05) is 17.1 Å². The van der Waals surface area contributed by atoms with E-state index in [1.54, 1.807) is 0 Å². The van der Waals surface area contributed by atoms with Crippen molar-refractivity contribution in [3.05, 3.63) is 64.2 Å². The Kier molecular flexibility index (Phi) is 6.17. The molecule has 138 valence electrons. The Labute approximate surface area is 159 Å². The number of carboxylic acids is 1. The van der Waals surface area contributed by atoms with Crippen LogP contribution >= 0.6 is 11.6 Å². The largest absolute Gasteiger partial charge is 0.488 e. The first kappa shape index (κ1) is 18.7. The molecule has 1 aliphatic rings. The van der Waals surface area contributed by atoms with Crippen LogP contribution in [-0.2, 0) is 17.9 Å². The summed E-state index contributed by atoms with van der Waals surface area (Å²) in [5.41, 5.74) is 3.19. The lowest BCUT2D eigenvalue weighted by Gasteiger charge is -2.30. The van der Waals surface area contributed by atoms with Gasteiger partial charge in [0.2, 0.25) is 0 Å². The number of halogens is 1. The normalized spacial score (nSPS) is 15.8. The molecular formula is C21H24ClNO3. The highest BCUT2D eigenvalue weighted by Crippen LogP contribution is 2.31. The summed E-state index contributed by atoms with van der Waals surface area (Å²) < 4.78 is 6.13. The molecule has 0 atom stereocenters. The number of nitrogens with zero attached hydrogens (tertiary/aromatic N) is 1. The zero-order chi connectivity index (χ0) is 18.5. The summed E-state index contributed by atoms with van der Waals surface area (Å²) >= 11 is 6.27. The molecule has 4 nitrogen and oxygen atoms in total. The number of carbonyl (C=O) groups is 1. The van der Waals surface area contributed by atoms with E-state index in [2.05, 4.69) is 4.90 Å². The fourth-order valence-corrected chi connectivity index (χ4v) is 3.73. The van der Waals surface area contributed by atoms with Crippen molar-refractivity contribution in [1.82, 2.24) is 4.90 Å². The van der Waals surface area contributed by atoms with Crippen LogP contribution in [0.2, 0.25) is 5.02 Å². The van der Waals surface area contributed by atoms with Gasteiger partial charge in [-0.05, 0) is 56.1 Å². The minimum atomic E-state index is -0.685. The summed E-state index contributed by atoms with van der Waals surface area (Å²) in [6, 6.07) is 14.0. The van der Waals surface area contributed by atoms with E-state index in [1.807, 2.05) is 49.4 Å². The molecule has 0 radical (unpaired) electrons. The van der Waals surface area contributed by atoms with E-state index in [9.17, 15) is 4.79 Å². The molecule has 1 aliphatic heterocycles. The van der Waals surface area contributed by atoms with Crippen molar-refractivity contribution in [1.29, 1.82) is 0 Å². The average Bonchev–Trinajstić information content (AvgIpc) is 2.62. The van der Waals surface area contributed by atoms with Gasteiger partial charge >= 0.3 is 5.97 Å². The average molecular weight is 374 g/mol. The van der Waals surface area contributed by atoms with Gasteiger partial charge in [0.05, 0.1) is 5.92 Å². The van der Waals surface area contributed by atoms with Crippen LogP contribution in [0, 0.1) is 12.8 Å². The lowest BCUT2D eigenvalue weighted by atomic mass is 9.96. The predicted molar refractivity (Wildman–Crippen MR) is 103 cm³/mol. The van der Waals surface area contributed by atoms with Gasteiger partial charge in [0.15, 0.2) is 0 Å². The van der Waals surface area contributed by atoms with E-state index in [4.69, 9.17) is 21.4 Å². The van der Waals surface area contributed by atoms with E-state index >= 15 is 0 Å². The molecule has 0 bridgehead atoms. The van der Waals surface area contributed by atoms with Crippen LogP contribution in [-0.4, -0.2) is 29.1 Å². The third-order valence-electron chi connectivity index (χ3n) is 4.87. The van der Waals surface area contributed by atoms with E-state index in [1.165, 1.54) is 0 Å². The number of piperidine rings is 1. The number of carboxylic acid groups (broad SMARTS) is 1. The second kappa shape index (κ2) is 8.56. The first-order valence-electron chi connectivity index (χ1n) is 8.94. The van der Waals surface area contributed by atoms with Gasteiger partial charge in [0.1, 0.15) is 12.4 Å². The summed E-state index contributed by atoms with van der Waals surface area (Å²) in [5.74, 6) is -0.0325. The van der Waals surface area contributed by atoms with Crippen LogP contribution in [0.3, 0.4) is 0 Å². The van der Waals surface area contributed by atoms with Crippen molar-refractivity contribution in [2.24, 2.45) is 5.92 Å². The molecule has 0 saturated carbocycles. The first-order chi connectivity index (χ1) is 12.5. The minimum Gasteiger partial charge on any atom is -0.488 e. The van der Waals surface area contributed by atoms with Crippen LogP contribution in [0.15, 0.2) is 42.5 Å². The van der Waals surface area contributed by atoms with Crippen molar-refractivity contribution < 1.29 is 14.6 Å². The second-order valence-electron chi connectivity index (χ2n) is 6.87. The molecule has 1 fully saturated rings. The molecule has 26 heavy (non-hydrogen) atoms. The van der Waals surface area contributed by atoms with E-state index in [-0.39, 0.29) is 5.92 Å². The molecule has 0 spiro atoms. The molecule has 0 aliphatic carbocycles. The molecule has 5 heteroatoms. The molecular weight excluding hydrogens is 350 g/mol. The lowest BCUT2D eigenvalue weighted by Crippen LogP contribution is -2.35. The predicted octanol–water partition coefficient (Wildman–Crippen LogP) is 4.52. The molecule has 0 unspecified atom stereocenters. The Bertz CT molecular complexity index is 755. The van der Waals surface area contributed by atoms with Crippen LogP contribution < -0.4 is 4.74 Å². The zero-order valence-electron chi connectivity index (χ0n) is 15.0. The fourth-order valence-electron chi connectivity index (χ4n) is 3.43. The van der Waals surface area contributed by atoms with E-state index in [0.29, 0.717) is 24.5 Å². The highest BCUT2D eigenvalue weighted by molar-refractivity contribution is 6.30. The van der Waals surface area contributed by atoms with Crippen LogP contribution in [0.1, 0.15) is 29.5 Å². The first-order valence-corrected chi connectivity index (χ1v) is 9.31. The summed E-state index contributed by atoms with van der Waals surface area (Å²) in [6.45, 7) is 4.79. The van der Waals surface area contributed by atoms with Crippen molar-refractivity contribution in [3.63, 3.8) is 0 Å². The monoisotopic (exact) mass is 373 g/mol. The smallest absolute Gasteiger partial charge is 0.306 e. The highest BCUT2D eigenvalue weighted by atomic mass is 35.5. The van der Waals surface area contributed by atoms with Crippen molar-refractivity contribution >= 4 is 17.6 Å². The molecule has 1 heterocycles. The van der Waals surface area contributed by atoms with Gasteiger partial charge < -0.3 is 9.84 Å². The Morgan fingerprint density at radius 1 is 1.23 bits per heavy atom. The summed E-state index contributed by atoms with van der Waals surface area (Å²) in [7, 11) is 0. The Morgan fingerprint density at radius 3 is 2.58 bits per heavy atom. The third kappa shape index (κ3) is 4.77. The number of ether oxygens (including phenoxy) is 1. The molecule has 2 aromatic rings. The highest BCUT2D eigenvalue weighted by Gasteiger charge is 2.25. The Hall–Kier alpha value is -2.04. The third-order valence-corrected chi connectivity index (χ3v) is 5.09. The molecule has 0 aromatic heterocycles. The van der Waals surface area contributed by atoms with E-state index < -0.39 is 5.97 Å². The Balaban J connectivity index is 1.71. The van der Waals surface area contributed by atoms with Gasteiger partial charge in [0.25, 0.3) is 0 Å². The number of benzene rings is 2. The number of hydrogen-bond acceptors (Lipinski definition) is 3. The second-order valence-corrected chi connectivity index (χ2v) is 7.31. The minimum absolute atomic E-state index is 0.221. The van der Waals surface area contributed by atoms with Crippen molar-refractivity contribution in [3.8, 4) is 5.75 Å². The molecule has 1 N–H and O–H groups in total. The van der Waals surface area contributed by atoms with E-state index in [0.717, 1.165) is 42.1 Å². The molecule has 1 saturated heterocycles. The van der Waals surface area contributed by atoms with Crippen molar-refractivity contribution in [2.75, 3.05) is 13.1 Å². The van der Waals surface area contributed by atoms with Crippen LogP contribution in [0.5, 0.6) is 5.75 Å². The summed E-state index contributed by atoms with van der Waals surface area (Å²) in [4.78, 5) is 13.4. The van der Waals surface area contributed by atoms with Gasteiger partial charge in [-0.3, -0.25) is 9.69 Å². The summed E-state index contributed by atoms with van der Waals surface area (Å²) in [6.07, 6.45) is 1.38. The molecule has 0 amide bonds. The SMILES string of the molecule is Cc1cc(Cl)cc(CN2CCC(C(=O)O)CC2)c1OCc1ccccc1. The zero-order valence-corrected chi connectivity index (χ0v) is 15.7. The lowest BCUT2D eigenvalue weighted by molar-refractivity contribution is -0.143. The Morgan fingerprint density at radius 2 is 1.92 bits per heavy atom. The summed E-state index contributed by atoms with van der Waals surface area (Å²) in [5, 5.41) is 9.85. The number of likely N-dealkylation sites (tertiary alicyclic amines) is 1. The van der Waals surface area contributed by atoms with Gasteiger partial charge in [-0.2, -0.15) is 0 Å². The van der Waals surface area contributed by atoms with Gasteiger partial charge in [-0.25, -0.2) is 0 Å². The number of hydrogen-bond donors (Lipinski definition) is 1. The molecule has 3 rings (SSSR count). The maximum absolute atomic E-state index is 11.1. The van der Waals surface area contributed by atoms with Gasteiger partial charge in [-0.15, -0.1) is 0 Å². The maximum Gasteiger partial charge on any atom is 0.306 e. The number of aryl methyl sites for hydroxylation is 1. The number of aliphatic carboxylic acids is 1. The van der Waals surface area contributed by atoms with Crippen LogP contribution in [0.4, 0.5) is 0 Å². The quantitative estimate of drug-likeness (QED) is 0.808. The standard InChI is InChI=1S/C21H24ClNO3/c1-15-11-19(22)12-18(13-23-9-7-17(8-10-23)21(24)25)20(15)26-14-16-5-3-2-4-6-16/h2-6,11-12,17H,7-10,13-14H2,1H3,(H,24,25). The maximum atomic E-state index is 11.1. The fraction of sp³-hybridized carbons (Fsp3) is 0.381. The van der Waals surface area contributed by atoms with Gasteiger partial charge in [-0.1, -0.05) is 41.9 Å². The number of rotatable bonds is 6. The topological polar surface area (TPSA) is 49.8 Å². The van der Waals surface area contributed by atoms with Crippen molar-refractivity contribution in [2.45, 2.75) is 32.9 Å². The molecule has 2 aromatic carbocycles. The van der Waals surface area contributed by atoms with Crippen LogP contribution in [0.25, 0.3) is 0 Å².